The molecule has 1 aromatic heterocycles. The Morgan fingerprint density at radius 1 is 1.07 bits per heavy atom. The molecule has 2 fully saturated rings. The molecule has 5 rings (SSSR count). The van der Waals surface area contributed by atoms with E-state index in [4.69, 9.17) is 22.1 Å². The van der Waals surface area contributed by atoms with E-state index < -0.39 is 65.0 Å². The number of nitrogens with two attached hydrogens (primary N) is 1. The molecule has 1 aliphatic heterocycles. The van der Waals surface area contributed by atoms with Gasteiger partial charge in [0, 0.05) is 54.2 Å². The van der Waals surface area contributed by atoms with Crippen LogP contribution >= 0.6 is 11.6 Å². The third-order valence-corrected chi connectivity index (χ3v) is 8.37. The summed E-state index contributed by atoms with van der Waals surface area (Å²) >= 11 is 5.93. The van der Waals surface area contributed by atoms with Crippen LogP contribution in [-0.2, 0) is 14.3 Å². The lowest BCUT2D eigenvalue weighted by Gasteiger charge is -2.40. The number of rotatable bonds is 5. The largest absolute Gasteiger partial charge is 0.491 e. The topological polar surface area (TPSA) is 90.5 Å². The lowest BCUT2D eigenvalue weighted by Crippen LogP contribution is -2.51. The molecule has 1 saturated heterocycles. The van der Waals surface area contributed by atoms with E-state index in [-0.39, 0.29) is 42.8 Å². The van der Waals surface area contributed by atoms with Gasteiger partial charge in [-0.2, -0.15) is 18.3 Å². The molecule has 7 nitrogen and oxygen atoms in total. The highest BCUT2D eigenvalue weighted by Crippen LogP contribution is 2.47. The third-order valence-electron chi connectivity index (χ3n) is 8.09. The number of hydrogen-bond donors (Lipinski definition) is 1. The number of nitrogens with zero attached hydrogens (tertiary/aromatic N) is 3. The standard InChI is InChI=1S/C29H27ClF6N4O3/c1-28(37)13-19(18-4-2-16(31)11-23(18)33)20(14-28)26(41)39-9-7-15(10-25(39)43-27(42)29(34,35)36)24-6-8-38-40(24)17-3-5-22(32)21(30)12-17/h2-6,8,11-12,15,19-20,25H,7,9-10,13-14,37H2,1H3/t15?,19-,20+,25?,28-/m0/s1. The van der Waals surface area contributed by atoms with Crippen LogP contribution in [0.5, 0.6) is 0 Å². The Balaban J connectivity index is 1.45. The number of alkyl halides is 3. The molecule has 1 amide bonds. The summed E-state index contributed by atoms with van der Waals surface area (Å²) in [7, 11) is 0. The lowest BCUT2D eigenvalue weighted by atomic mass is 9.85. The average molecular weight is 629 g/mol. The van der Waals surface area contributed by atoms with Gasteiger partial charge in [-0.05, 0) is 62.1 Å². The maximum atomic E-state index is 14.8. The van der Waals surface area contributed by atoms with Gasteiger partial charge in [-0.25, -0.2) is 22.6 Å². The Morgan fingerprint density at radius 2 is 1.81 bits per heavy atom. The molecular formula is C29H27ClF6N4O3. The van der Waals surface area contributed by atoms with Crippen molar-refractivity contribution in [1.29, 1.82) is 0 Å². The molecule has 1 saturated carbocycles. The van der Waals surface area contributed by atoms with Gasteiger partial charge in [0.05, 0.1) is 10.7 Å². The van der Waals surface area contributed by atoms with Gasteiger partial charge < -0.3 is 15.4 Å². The van der Waals surface area contributed by atoms with E-state index in [0.717, 1.165) is 17.0 Å². The first-order valence-corrected chi connectivity index (χ1v) is 13.8. The third kappa shape index (κ3) is 6.37. The molecular weight excluding hydrogens is 602 g/mol. The summed E-state index contributed by atoms with van der Waals surface area (Å²) in [6.07, 6.45) is -5.23. The van der Waals surface area contributed by atoms with Crippen LogP contribution in [0.1, 0.15) is 55.7 Å². The van der Waals surface area contributed by atoms with Crippen molar-refractivity contribution in [1.82, 2.24) is 14.7 Å². The molecule has 2 heterocycles. The summed E-state index contributed by atoms with van der Waals surface area (Å²) in [6, 6.07) is 8.51. The van der Waals surface area contributed by atoms with Crippen LogP contribution in [0.2, 0.25) is 5.02 Å². The van der Waals surface area contributed by atoms with Crippen molar-refractivity contribution < 1.29 is 40.7 Å². The minimum Gasteiger partial charge on any atom is -0.435 e. The zero-order chi connectivity index (χ0) is 31.3. The van der Waals surface area contributed by atoms with Crippen molar-refractivity contribution >= 4 is 23.5 Å². The van der Waals surface area contributed by atoms with E-state index in [9.17, 15) is 35.9 Å². The number of benzene rings is 2. The first kappa shape index (κ1) is 30.9. The van der Waals surface area contributed by atoms with E-state index in [1.165, 1.54) is 29.1 Å². The van der Waals surface area contributed by atoms with E-state index in [1.807, 2.05) is 0 Å². The fourth-order valence-corrected chi connectivity index (χ4v) is 6.35. The van der Waals surface area contributed by atoms with Crippen LogP contribution in [-0.4, -0.2) is 51.0 Å². The number of carbonyl (C=O) groups excluding carboxylic acids is 2. The summed E-state index contributed by atoms with van der Waals surface area (Å²) in [5, 5.41) is 4.08. The summed E-state index contributed by atoms with van der Waals surface area (Å²) < 4.78 is 88.4. The molecule has 2 aromatic carbocycles. The van der Waals surface area contributed by atoms with Crippen LogP contribution in [0.15, 0.2) is 48.7 Å². The Morgan fingerprint density at radius 3 is 2.49 bits per heavy atom. The van der Waals surface area contributed by atoms with Crippen LogP contribution in [0, 0.1) is 23.4 Å². The number of esters is 1. The zero-order valence-corrected chi connectivity index (χ0v) is 23.5. The van der Waals surface area contributed by atoms with Gasteiger partial charge in [0.25, 0.3) is 0 Å². The summed E-state index contributed by atoms with van der Waals surface area (Å²) in [6.45, 7) is 1.57. The average Bonchev–Trinajstić information content (AvgIpc) is 3.53. The molecule has 0 radical (unpaired) electrons. The predicted molar refractivity (Wildman–Crippen MR) is 143 cm³/mol. The van der Waals surface area contributed by atoms with Crippen molar-refractivity contribution in [3.8, 4) is 5.69 Å². The Hall–Kier alpha value is -3.58. The van der Waals surface area contributed by atoms with Crippen LogP contribution in [0.25, 0.3) is 5.69 Å². The highest BCUT2D eigenvalue weighted by molar-refractivity contribution is 6.30. The fraction of sp³-hybridized carbons (Fsp3) is 0.414. The smallest absolute Gasteiger partial charge is 0.435 e. The predicted octanol–water partition coefficient (Wildman–Crippen LogP) is 5.99. The van der Waals surface area contributed by atoms with E-state index >= 15 is 0 Å². The van der Waals surface area contributed by atoms with E-state index in [0.29, 0.717) is 17.4 Å². The van der Waals surface area contributed by atoms with E-state index in [1.54, 1.807) is 13.0 Å². The number of carbonyl (C=O) groups is 2. The van der Waals surface area contributed by atoms with E-state index in [2.05, 4.69) is 5.10 Å². The summed E-state index contributed by atoms with van der Waals surface area (Å²) in [4.78, 5) is 27.0. The molecule has 2 aliphatic rings. The SMILES string of the molecule is C[C@@]1(N)C[C@@H](C(=O)N2CCC(c3ccnn3-c3ccc(F)c(Cl)c3)CC2OC(=O)C(F)(F)F)[C@H](c2ccc(F)cc2F)C1. The summed E-state index contributed by atoms with van der Waals surface area (Å²) in [5.74, 6) is -7.73. The molecule has 2 N–H and O–H groups in total. The molecule has 14 heteroatoms. The lowest BCUT2D eigenvalue weighted by molar-refractivity contribution is -0.216. The number of hydrogen-bond acceptors (Lipinski definition) is 5. The molecule has 230 valence electrons. The Labute approximate surface area is 247 Å². The molecule has 0 bridgehead atoms. The zero-order valence-electron chi connectivity index (χ0n) is 22.8. The molecule has 5 atom stereocenters. The van der Waals surface area contributed by atoms with Gasteiger partial charge in [0.15, 0.2) is 6.23 Å². The monoisotopic (exact) mass is 628 g/mol. The first-order valence-electron chi connectivity index (χ1n) is 13.5. The van der Waals surface area contributed by atoms with Crippen molar-refractivity contribution in [2.75, 3.05) is 6.54 Å². The van der Waals surface area contributed by atoms with Gasteiger partial charge in [-0.15, -0.1) is 0 Å². The number of aromatic nitrogens is 2. The van der Waals surface area contributed by atoms with Crippen molar-refractivity contribution in [3.05, 3.63) is 82.4 Å². The molecule has 43 heavy (non-hydrogen) atoms. The van der Waals surface area contributed by atoms with Gasteiger partial charge in [0.2, 0.25) is 5.91 Å². The fourth-order valence-electron chi connectivity index (χ4n) is 6.18. The number of ether oxygens (including phenoxy) is 1. The Kier molecular flexibility index (Phi) is 8.25. The maximum Gasteiger partial charge on any atom is 0.491 e. The van der Waals surface area contributed by atoms with Gasteiger partial charge >= 0.3 is 12.1 Å². The molecule has 3 aromatic rings. The second-order valence-electron chi connectivity index (χ2n) is 11.3. The number of likely N-dealkylation sites (tertiary alicyclic amines) is 1. The second kappa shape index (κ2) is 11.5. The molecule has 2 unspecified atom stereocenters. The van der Waals surface area contributed by atoms with Crippen LogP contribution < -0.4 is 5.73 Å². The number of amides is 1. The highest BCUT2D eigenvalue weighted by atomic mass is 35.5. The van der Waals surface area contributed by atoms with Crippen molar-refractivity contribution in [2.45, 2.75) is 62.4 Å². The van der Waals surface area contributed by atoms with Gasteiger partial charge in [-0.3, -0.25) is 4.79 Å². The minimum absolute atomic E-state index is 0.0644. The highest BCUT2D eigenvalue weighted by Gasteiger charge is 2.50. The van der Waals surface area contributed by atoms with Gasteiger partial charge in [0.1, 0.15) is 17.5 Å². The molecule has 0 spiro atoms. The van der Waals surface area contributed by atoms with Gasteiger partial charge in [-0.1, -0.05) is 17.7 Å². The normalized spacial score (nSPS) is 26.0. The number of halogens is 7. The summed E-state index contributed by atoms with van der Waals surface area (Å²) in [5.41, 5.74) is 6.40. The van der Waals surface area contributed by atoms with Crippen molar-refractivity contribution in [2.24, 2.45) is 11.7 Å². The first-order chi connectivity index (χ1) is 20.1. The molecule has 1 aliphatic carbocycles. The minimum atomic E-state index is -5.32. The second-order valence-corrected chi connectivity index (χ2v) is 11.7. The van der Waals surface area contributed by atoms with Crippen LogP contribution in [0.4, 0.5) is 26.3 Å². The Bertz CT molecular complexity index is 1540. The number of piperidine rings is 1. The quantitative estimate of drug-likeness (QED) is 0.277. The van der Waals surface area contributed by atoms with Crippen LogP contribution in [0.3, 0.4) is 0 Å². The maximum absolute atomic E-state index is 14.8. The van der Waals surface area contributed by atoms with Crippen molar-refractivity contribution in [3.63, 3.8) is 0 Å².